The highest BCUT2D eigenvalue weighted by atomic mass is 16.1. The fourth-order valence-electron chi connectivity index (χ4n) is 1.17. The van der Waals surface area contributed by atoms with Crippen molar-refractivity contribution in [3.8, 4) is 0 Å². The first-order valence-electron chi connectivity index (χ1n) is 4.59. The molecule has 7 heteroatoms. The average Bonchev–Trinajstić information content (AvgIpc) is 2.57. The number of fused-ring (bicyclic) bond motifs is 1. The third-order valence-electron chi connectivity index (χ3n) is 1.91. The summed E-state index contributed by atoms with van der Waals surface area (Å²) in [6.07, 6.45) is 1.42. The van der Waals surface area contributed by atoms with Crippen molar-refractivity contribution >= 4 is 11.5 Å². The van der Waals surface area contributed by atoms with Gasteiger partial charge in [-0.15, -0.1) is 0 Å². The third-order valence-corrected chi connectivity index (χ3v) is 1.91. The van der Waals surface area contributed by atoms with E-state index in [0.29, 0.717) is 18.0 Å². The number of hydrogen-bond acceptors (Lipinski definition) is 5. The van der Waals surface area contributed by atoms with Gasteiger partial charge in [-0.1, -0.05) is 0 Å². The van der Waals surface area contributed by atoms with E-state index in [2.05, 4.69) is 20.5 Å². The molecule has 0 aromatic carbocycles. The normalized spacial score (nSPS) is 12.9. The number of nitrogens with one attached hydrogen (secondary N) is 2. The Morgan fingerprint density at radius 1 is 1.73 bits per heavy atom. The van der Waals surface area contributed by atoms with Crippen LogP contribution in [-0.4, -0.2) is 32.2 Å². The lowest BCUT2D eigenvalue weighted by Crippen LogP contribution is -2.25. The quantitative estimate of drug-likeness (QED) is 0.611. The number of H-pyrrole nitrogens is 1. The van der Waals surface area contributed by atoms with E-state index in [1.54, 1.807) is 6.07 Å². The lowest BCUT2D eigenvalue weighted by molar-refractivity contribution is 0.776. The van der Waals surface area contributed by atoms with Gasteiger partial charge in [-0.3, -0.25) is 0 Å². The van der Waals surface area contributed by atoms with Crippen LogP contribution in [0.25, 0.3) is 5.65 Å². The third kappa shape index (κ3) is 1.96. The molecule has 80 valence electrons. The highest BCUT2D eigenvalue weighted by Gasteiger charge is 2.02. The molecule has 2 rings (SSSR count). The van der Waals surface area contributed by atoms with Crippen LogP contribution in [0.2, 0.25) is 0 Å². The smallest absolute Gasteiger partial charge is 0.348 e. The standard InChI is InChI=1S/C8H12N6O/c1-5(9)3-10-6-2-7-12-13-8(15)14(7)4-11-6/h2,4-5,10H,3,9H2,1H3,(H,13,15). The minimum absolute atomic E-state index is 0.0457. The molecule has 1 atom stereocenters. The zero-order valence-electron chi connectivity index (χ0n) is 8.27. The van der Waals surface area contributed by atoms with E-state index in [-0.39, 0.29) is 11.7 Å². The van der Waals surface area contributed by atoms with Crippen LogP contribution in [0.5, 0.6) is 0 Å². The minimum Gasteiger partial charge on any atom is -0.368 e. The van der Waals surface area contributed by atoms with Gasteiger partial charge in [0.2, 0.25) is 0 Å². The fourth-order valence-corrected chi connectivity index (χ4v) is 1.17. The van der Waals surface area contributed by atoms with Crippen LogP contribution in [0, 0.1) is 0 Å². The summed E-state index contributed by atoms with van der Waals surface area (Å²) in [5.41, 5.74) is 5.82. The Bertz CT molecular complexity index is 513. The van der Waals surface area contributed by atoms with Crippen molar-refractivity contribution in [3.63, 3.8) is 0 Å². The molecule has 15 heavy (non-hydrogen) atoms. The maximum absolute atomic E-state index is 11.1. The Morgan fingerprint density at radius 3 is 3.27 bits per heavy atom. The predicted molar refractivity (Wildman–Crippen MR) is 55.7 cm³/mol. The molecule has 4 N–H and O–H groups in total. The highest BCUT2D eigenvalue weighted by Crippen LogP contribution is 2.03. The van der Waals surface area contributed by atoms with E-state index < -0.39 is 0 Å². The van der Waals surface area contributed by atoms with E-state index in [0.717, 1.165) is 0 Å². The molecular weight excluding hydrogens is 196 g/mol. The van der Waals surface area contributed by atoms with Crippen LogP contribution in [0.1, 0.15) is 6.92 Å². The van der Waals surface area contributed by atoms with E-state index in [1.165, 1.54) is 10.7 Å². The number of rotatable bonds is 3. The summed E-state index contributed by atoms with van der Waals surface area (Å²) in [6.45, 7) is 2.52. The summed E-state index contributed by atoms with van der Waals surface area (Å²) in [5, 5.41) is 9.19. The molecule has 0 aliphatic carbocycles. The Morgan fingerprint density at radius 2 is 2.53 bits per heavy atom. The van der Waals surface area contributed by atoms with Gasteiger partial charge >= 0.3 is 5.69 Å². The summed E-state index contributed by atoms with van der Waals surface area (Å²) in [4.78, 5) is 15.2. The van der Waals surface area contributed by atoms with E-state index >= 15 is 0 Å². The molecule has 2 aromatic heterocycles. The molecule has 0 bridgehead atoms. The first-order chi connectivity index (χ1) is 7.16. The van der Waals surface area contributed by atoms with Crippen molar-refractivity contribution in [2.24, 2.45) is 5.73 Å². The van der Waals surface area contributed by atoms with Gasteiger partial charge in [-0.05, 0) is 6.92 Å². The molecule has 2 heterocycles. The fraction of sp³-hybridized carbons (Fsp3) is 0.375. The van der Waals surface area contributed by atoms with E-state index in [4.69, 9.17) is 5.73 Å². The molecular formula is C8H12N6O. The van der Waals surface area contributed by atoms with Crippen LogP contribution >= 0.6 is 0 Å². The van der Waals surface area contributed by atoms with E-state index in [9.17, 15) is 4.79 Å². The first kappa shape index (κ1) is 9.66. The van der Waals surface area contributed by atoms with E-state index in [1.807, 2.05) is 6.92 Å². The predicted octanol–water partition coefficient (Wildman–Crippen LogP) is -0.823. The molecule has 0 fully saturated rings. The van der Waals surface area contributed by atoms with Gasteiger partial charge in [0.1, 0.15) is 12.1 Å². The molecule has 1 unspecified atom stereocenters. The monoisotopic (exact) mass is 208 g/mol. The topological polar surface area (TPSA) is 101 Å². The van der Waals surface area contributed by atoms with Gasteiger partial charge in [-0.2, -0.15) is 5.10 Å². The summed E-state index contributed by atoms with van der Waals surface area (Å²) in [6, 6.07) is 1.73. The zero-order valence-corrected chi connectivity index (χ0v) is 8.27. The Labute approximate surface area is 85.3 Å². The number of anilines is 1. The van der Waals surface area contributed by atoms with Gasteiger partial charge in [-0.25, -0.2) is 19.3 Å². The van der Waals surface area contributed by atoms with Crippen LogP contribution < -0.4 is 16.7 Å². The zero-order chi connectivity index (χ0) is 10.8. The second kappa shape index (κ2) is 3.70. The SMILES string of the molecule is CC(N)CNc1cc2n[nH]c(=O)n2cn1. The summed E-state index contributed by atoms with van der Waals surface area (Å²) in [7, 11) is 0. The number of nitrogens with zero attached hydrogens (tertiary/aromatic N) is 3. The summed E-state index contributed by atoms with van der Waals surface area (Å²) >= 11 is 0. The molecule has 2 aromatic rings. The number of nitrogens with two attached hydrogens (primary N) is 1. The van der Waals surface area contributed by atoms with Crippen molar-refractivity contribution in [2.45, 2.75) is 13.0 Å². The van der Waals surface area contributed by atoms with Gasteiger partial charge in [0.05, 0.1) is 0 Å². The van der Waals surface area contributed by atoms with Crippen molar-refractivity contribution in [1.82, 2.24) is 19.6 Å². The molecule has 0 aliphatic rings. The summed E-state index contributed by atoms with van der Waals surface area (Å²) < 4.78 is 1.33. The van der Waals surface area contributed by atoms with Gasteiger partial charge in [0, 0.05) is 18.7 Å². The number of aromatic nitrogens is 4. The van der Waals surface area contributed by atoms with Crippen molar-refractivity contribution in [3.05, 3.63) is 22.9 Å². The molecule has 0 radical (unpaired) electrons. The van der Waals surface area contributed by atoms with Crippen LogP contribution in [-0.2, 0) is 0 Å². The second-order valence-corrected chi connectivity index (χ2v) is 3.39. The molecule has 0 aliphatic heterocycles. The average molecular weight is 208 g/mol. The molecule has 0 spiro atoms. The highest BCUT2D eigenvalue weighted by molar-refractivity contribution is 5.48. The molecule has 0 saturated heterocycles. The Balaban J connectivity index is 2.27. The number of aromatic amines is 1. The van der Waals surface area contributed by atoms with Crippen molar-refractivity contribution in [1.29, 1.82) is 0 Å². The van der Waals surface area contributed by atoms with Crippen LogP contribution in [0.15, 0.2) is 17.2 Å². The van der Waals surface area contributed by atoms with Gasteiger partial charge in [0.25, 0.3) is 0 Å². The maximum atomic E-state index is 11.1. The van der Waals surface area contributed by atoms with Crippen molar-refractivity contribution in [2.75, 3.05) is 11.9 Å². The van der Waals surface area contributed by atoms with Crippen LogP contribution in [0.3, 0.4) is 0 Å². The van der Waals surface area contributed by atoms with Gasteiger partial charge < -0.3 is 11.1 Å². The Hall–Kier alpha value is -1.89. The molecule has 7 nitrogen and oxygen atoms in total. The maximum Gasteiger partial charge on any atom is 0.348 e. The summed E-state index contributed by atoms with van der Waals surface area (Å²) in [5.74, 6) is 0.652. The van der Waals surface area contributed by atoms with Gasteiger partial charge in [0.15, 0.2) is 5.65 Å². The number of hydrogen-bond donors (Lipinski definition) is 3. The molecule has 0 amide bonds. The lowest BCUT2D eigenvalue weighted by Gasteiger charge is -2.07. The molecule has 0 saturated carbocycles. The first-order valence-corrected chi connectivity index (χ1v) is 4.59. The largest absolute Gasteiger partial charge is 0.368 e. The van der Waals surface area contributed by atoms with Crippen molar-refractivity contribution < 1.29 is 0 Å². The van der Waals surface area contributed by atoms with Crippen LogP contribution in [0.4, 0.5) is 5.82 Å². The lowest BCUT2D eigenvalue weighted by atomic mass is 10.3. The second-order valence-electron chi connectivity index (χ2n) is 3.39. The Kier molecular flexibility index (Phi) is 2.38. The minimum atomic E-state index is -0.295.